The number of carbonyl (C=O) groups is 2. The third-order valence-corrected chi connectivity index (χ3v) is 4.42. The quantitative estimate of drug-likeness (QED) is 0.828. The molecule has 3 amide bonds. The van der Waals surface area contributed by atoms with Gasteiger partial charge in [0.1, 0.15) is 5.75 Å². The van der Waals surface area contributed by atoms with Crippen LogP contribution in [0.5, 0.6) is 5.75 Å². The molecule has 1 aromatic rings. The van der Waals surface area contributed by atoms with E-state index in [0.29, 0.717) is 18.0 Å². The van der Waals surface area contributed by atoms with Crippen molar-refractivity contribution in [2.75, 3.05) is 19.6 Å². The highest BCUT2D eigenvalue weighted by Crippen LogP contribution is 2.18. The topological polar surface area (TPSA) is 70.7 Å². The minimum absolute atomic E-state index is 0.00584. The summed E-state index contributed by atoms with van der Waals surface area (Å²) >= 11 is 0. The number of ether oxygens (including phenoxy) is 1. The largest absolute Gasteiger partial charge is 0.491 e. The number of rotatable bonds is 5. The van der Waals surface area contributed by atoms with Crippen molar-refractivity contribution >= 4 is 11.9 Å². The van der Waals surface area contributed by atoms with E-state index in [9.17, 15) is 9.59 Å². The van der Waals surface area contributed by atoms with Crippen LogP contribution in [0.3, 0.4) is 0 Å². The molecule has 2 N–H and O–H groups in total. The standard InChI is InChI=1S/C21H33N3O3/c1-15(2)27-18-8-6-17(7-9-18)19(25)22-14-16-10-12-24(13-11-16)20(26)23-21(3,4)5/h6-9,15-16H,10-14H2,1-5H3,(H,22,25)(H,23,26). The van der Waals surface area contributed by atoms with Gasteiger partial charge in [0.2, 0.25) is 0 Å². The monoisotopic (exact) mass is 375 g/mol. The SMILES string of the molecule is CC(C)Oc1ccc(C(=O)NCC2CCN(C(=O)NC(C)(C)C)CC2)cc1. The molecule has 1 fully saturated rings. The Kier molecular flexibility index (Phi) is 7.11. The van der Waals surface area contributed by atoms with Gasteiger partial charge in [-0.15, -0.1) is 0 Å². The number of carbonyl (C=O) groups excluding carboxylic acids is 2. The number of urea groups is 1. The third kappa shape index (κ3) is 7.12. The predicted molar refractivity (Wildman–Crippen MR) is 107 cm³/mol. The molecule has 0 aromatic heterocycles. The second-order valence-electron chi connectivity index (χ2n) is 8.51. The molecule has 2 rings (SSSR count). The Morgan fingerprint density at radius 2 is 1.74 bits per heavy atom. The maximum atomic E-state index is 12.3. The van der Waals surface area contributed by atoms with E-state index in [1.807, 2.05) is 51.7 Å². The molecule has 0 radical (unpaired) electrons. The van der Waals surface area contributed by atoms with Crippen molar-refractivity contribution in [3.63, 3.8) is 0 Å². The van der Waals surface area contributed by atoms with E-state index in [4.69, 9.17) is 4.74 Å². The molecule has 0 aliphatic carbocycles. The van der Waals surface area contributed by atoms with E-state index >= 15 is 0 Å². The molecule has 1 aromatic carbocycles. The van der Waals surface area contributed by atoms with Gasteiger partial charge >= 0.3 is 6.03 Å². The lowest BCUT2D eigenvalue weighted by atomic mass is 9.96. The van der Waals surface area contributed by atoms with Crippen molar-refractivity contribution in [3.8, 4) is 5.75 Å². The molecule has 0 spiro atoms. The zero-order valence-corrected chi connectivity index (χ0v) is 17.2. The summed E-state index contributed by atoms with van der Waals surface area (Å²) in [7, 11) is 0. The summed E-state index contributed by atoms with van der Waals surface area (Å²) in [5, 5.41) is 6.01. The number of piperidine rings is 1. The fraction of sp³-hybridized carbons (Fsp3) is 0.619. The number of nitrogens with zero attached hydrogens (tertiary/aromatic N) is 1. The molecule has 0 saturated carbocycles. The summed E-state index contributed by atoms with van der Waals surface area (Å²) < 4.78 is 5.59. The zero-order chi connectivity index (χ0) is 20.0. The van der Waals surface area contributed by atoms with Gasteiger partial charge in [-0.05, 0) is 77.6 Å². The van der Waals surface area contributed by atoms with Crippen LogP contribution in [0, 0.1) is 5.92 Å². The Hall–Kier alpha value is -2.24. The molecule has 6 heteroatoms. The summed E-state index contributed by atoms with van der Waals surface area (Å²) in [6.07, 6.45) is 1.92. The highest BCUT2D eigenvalue weighted by atomic mass is 16.5. The molecule has 1 aliphatic rings. The van der Waals surface area contributed by atoms with Crippen LogP contribution in [0.4, 0.5) is 4.79 Å². The minimum Gasteiger partial charge on any atom is -0.491 e. The molecule has 1 heterocycles. The maximum absolute atomic E-state index is 12.3. The molecule has 0 atom stereocenters. The Balaban J connectivity index is 1.74. The highest BCUT2D eigenvalue weighted by molar-refractivity contribution is 5.94. The van der Waals surface area contributed by atoms with Gasteiger partial charge in [-0.2, -0.15) is 0 Å². The fourth-order valence-electron chi connectivity index (χ4n) is 3.04. The highest BCUT2D eigenvalue weighted by Gasteiger charge is 2.25. The summed E-state index contributed by atoms with van der Waals surface area (Å²) in [4.78, 5) is 26.4. The van der Waals surface area contributed by atoms with Gasteiger partial charge in [0.15, 0.2) is 0 Å². The minimum atomic E-state index is -0.225. The van der Waals surface area contributed by atoms with Crippen molar-refractivity contribution in [3.05, 3.63) is 29.8 Å². The average Bonchev–Trinajstić information content (AvgIpc) is 2.59. The lowest BCUT2D eigenvalue weighted by Crippen LogP contribution is -2.51. The fourth-order valence-corrected chi connectivity index (χ4v) is 3.04. The third-order valence-electron chi connectivity index (χ3n) is 4.42. The van der Waals surface area contributed by atoms with E-state index in [1.165, 1.54) is 0 Å². The molecular formula is C21H33N3O3. The van der Waals surface area contributed by atoms with Crippen LogP contribution >= 0.6 is 0 Å². The first kappa shape index (κ1) is 21.1. The van der Waals surface area contributed by atoms with Crippen molar-refractivity contribution < 1.29 is 14.3 Å². The first-order valence-corrected chi connectivity index (χ1v) is 9.76. The van der Waals surface area contributed by atoms with Gasteiger partial charge in [-0.1, -0.05) is 0 Å². The van der Waals surface area contributed by atoms with E-state index in [2.05, 4.69) is 10.6 Å². The van der Waals surface area contributed by atoms with Crippen molar-refractivity contribution in [1.82, 2.24) is 15.5 Å². The van der Waals surface area contributed by atoms with Crippen LogP contribution in [0.15, 0.2) is 24.3 Å². The number of amides is 3. The predicted octanol–water partition coefficient (Wildman–Crippen LogP) is 3.42. The summed E-state index contributed by atoms with van der Waals surface area (Å²) in [5.74, 6) is 1.10. The Morgan fingerprint density at radius 3 is 2.26 bits per heavy atom. The van der Waals surface area contributed by atoms with Crippen LogP contribution in [0.1, 0.15) is 57.8 Å². The van der Waals surface area contributed by atoms with Crippen molar-refractivity contribution in [1.29, 1.82) is 0 Å². The molecule has 0 bridgehead atoms. The second kappa shape index (κ2) is 9.11. The number of hydrogen-bond donors (Lipinski definition) is 2. The zero-order valence-electron chi connectivity index (χ0n) is 17.2. The number of benzene rings is 1. The lowest BCUT2D eigenvalue weighted by molar-refractivity contribution is 0.0937. The number of likely N-dealkylation sites (tertiary alicyclic amines) is 1. The first-order chi connectivity index (χ1) is 12.6. The van der Waals surface area contributed by atoms with E-state index in [0.717, 1.165) is 31.7 Å². The van der Waals surface area contributed by atoms with Crippen molar-refractivity contribution in [2.24, 2.45) is 5.92 Å². The lowest BCUT2D eigenvalue weighted by Gasteiger charge is -2.34. The molecular weight excluding hydrogens is 342 g/mol. The Morgan fingerprint density at radius 1 is 1.15 bits per heavy atom. The Bertz CT molecular complexity index is 627. The first-order valence-electron chi connectivity index (χ1n) is 9.76. The molecule has 1 saturated heterocycles. The summed E-state index contributed by atoms with van der Waals surface area (Å²) in [6, 6.07) is 7.20. The smallest absolute Gasteiger partial charge is 0.317 e. The summed E-state index contributed by atoms with van der Waals surface area (Å²) in [5.41, 5.74) is 0.408. The van der Waals surface area contributed by atoms with E-state index in [1.54, 1.807) is 12.1 Å². The molecule has 1 aliphatic heterocycles. The number of nitrogens with one attached hydrogen (secondary N) is 2. The summed E-state index contributed by atoms with van der Waals surface area (Å²) in [6.45, 7) is 12.0. The molecule has 150 valence electrons. The average molecular weight is 376 g/mol. The van der Waals surface area contributed by atoms with Gasteiger partial charge < -0.3 is 20.3 Å². The molecule has 0 unspecified atom stereocenters. The molecule has 6 nitrogen and oxygen atoms in total. The van der Waals surface area contributed by atoms with Gasteiger partial charge in [-0.3, -0.25) is 4.79 Å². The number of hydrogen-bond acceptors (Lipinski definition) is 3. The van der Waals surface area contributed by atoms with Crippen LogP contribution in [0.2, 0.25) is 0 Å². The van der Waals surface area contributed by atoms with Gasteiger partial charge in [0.25, 0.3) is 5.91 Å². The van der Waals surface area contributed by atoms with Gasteiger partial charge in [-0.25, -0.2) is 4.79 Å². The normalized spacial score (nSPS) is 15.6. The second-order valence-corrected chi connectivity index (χ2v) is 8.51. The van der Waals surface area contributed by atoms with E-state index in [-0.39, 0.29) is 23.6 Å². The van der Waals surface area contributed by atoms with Crippen LogP contribution < -0.4 is 15.4 Å². The van der Waals surface area contributed by atoms with Crippen LogP contribution in [-0.4, -0.2) is 48.1 Å². The van der Waals surface area contributed by atoms with E-state index < -0.39 is 0 Å². The van der Waals surface area contributed by atoms with Gasteiger partial charge in [0, 0.05) is 30.7 Å². The maximum Gasteiger partial charge on any atom is 0.317 e. The van der Waals surface area contributed by atoms with Gasteiger partial charge in [0.05, 0.1) is 6.10 Å². The van der Waals surface area contributed by atoms with Crippen LogP contribution in [-0.2, 0) is 0 Å². The van der Waals surface area contributed by atoms with Crippen LogP contribution in [0.25, 0.3) is 0 Å². The van der Waals surface area contributed by atoms with Crippen molar-refractivity contribution in [2.45, 2.75) is 59.1 Å². The Labute approximate surface area is 162 Å². The molecule has 27 heavy (non-hydrogen) atoms.